The average Bonchev–Trinajstić information content (AvgIpc) is 2.63. The molecule has 172 valence electrons. The van der Waals surface area contributed by atoms with E-state index in [1.807, 2.05) is 45.0 Å². The van der Waals surface area contributed by atoms with Gasteiger partial charge in [0.05, 0.1) is 45.4 Å². The van der Waals surface area contributed by atoms with Gasteiger partial charge in [0.1, 0.15) is 5.60 Å². The summed E-state index contributed by atoms with van der Waals surface area (Å²) in [6.07, 6.45) is 0.135. The number of aryl methyl sites for hydroxylation is 1. The van der Waals surface area contributed by atoms with Crippen LogP contribution in [0.15, 0.2) is 24.3 Å². The summed E-state index contributed by atoms with van der Waals surface area (Å²) in [4.78, 5) is 12.0. The van der Waals surface area contributed by atoms with Crippen LogP contribution in [0.25, 0.3) is 0 Å². The third-order valence-corrected chi connectivity index (χ3v) is 4.67. The third-order valence-electron chi connectivity index (χ3n) is 3.99. The summed E-state index contributed by atoms with van der Waals surface area (Å²) in [6.45, 7) is 7.54. The highest BCUT2D eigenvalue weighted by Gasteiger charge is 2.24. The van der Waals surface area contributed by atoms with Gasteiger partial charge in [-0.2, -0.15) is 8.42 Å². The molecule has 0 radical (unpaired) electrons. The molecule has 9 nitrogen and oxygen atoms in total. The van der Waals surface area contributed by atoms with Crippen LogP contribution in [0.5, 0.6) is 0 Å². The molecule has 30 heavy (non-hydrogen) atoms. The lowest BCUT2D eigenvalue weighted by molar-refractivity contribution is 0.0155. The highest BCUT2D eigenvalue weighted by atomic mass is 32.2. The molecule has 0 heterocycles. The van der Waals surface area contributed by atoms with Crippen LogP contribution < -0.4 is 5.32 Å². The summed E-state index contributed by atoms with van der Waals surface area (Å²) < 4.78 is 50.6. The first-order valence-electron chi connectivity index (χ1n) is 9.79. The summed E-state index contributed by atoms with van der Waals surface area (Å²) in [5.74, 6) is -0.436. The van der Waals surface area contributed by atoms with Crippen LogP contribution in [0.2, 0.25) is 0 Å². The van der Waals surface area contributed by atoms with E-state index in [1.165, 1.54) is 0 Å². The molecule has 1 amide bonds. The first kappa shape index (κ1) is 26.3. The Hall–Kier alpha value is -1.72. The van der Waals surface area contributed by atoms with Crippen molar-refractivity contribution in [2.45, 2.75) is 32.8 Å². The molecular weight excluding hydrogens is 414 g/mol. The Kier molecular flexibility index (Phi) is 11.9. The second-order valence-corrected chi connectivity index (χ2v) is 8.87. The fourth-order valence-corrected chi connectivity index (χ4v) is 2.85. The van der Waals surface area contributed by atoms with E-state index in [-0.39, 0.29) is 19.8 Å². The molecule has 1 aromatic rings. The zero-order chi connectivity index (χ0) is 22.5. The molecule has 0 spiro atoms. The van der Waals surface area contributed by atoms with Gasteiger partial charge < -0.3 is 24.3 Å². The smallest absolute Gasteiger partial charge is 0.407 e. The molecule has 0 aliphatic heterocycles. The summed E-state index contributed by atoms with van der Waals surface area (Å²) in [5.41, 5.74) is 1.67. The molecule has 1 rings (SSSR count). The number of carbonyl (C=O) groups is 1. The fourth-order valence-electron chi connectivity index (χ4n) is 2.52. The second-order valence-electron chi connectivity index (χ2n) is 7.30. The lowest BCUT2D eigenvalue weighted by Crippen LogP contribution is -2.37. The molecule has 0 atom stereocenters. The standard InChI is InChI=1S/C20H33NO8S/c1-17-6-4-5-7-18(17)16-20(2,3)29-19(22)21-8-9-26-10-11-27-12-13-28-14-15-30(23,24)25/h4-7H,8-16H2,1-3H3,(H,21,22)(H,23,24,25). The second kappa shape index (κ2) is 13.6. The van der Waals surface area contributed by atoms with Crippen molar-refractivity contribution in [3.63, 3.8) is 0 Å². The third kappa shape index (κ3) is 13.5. The van der Waals surface area contributed by atoms with Crippen molar-refractivity contribution in [1.82, 2.24) is 5.32 Å². The van der Waals surface area contributed by atoms with Crippen molar-refractivity contribution < 1.29 is 36.7 Å². The van der Waals surface area contributed by atoms with Gasteiger partial charge in [0.25, 0.3) is 10.1 Å². The molecule has 0 aliphatic carbocycles. The van der Waals surface area contributed by atoms with E-state index in [0.717, 1.165) is 11.1 Å². The monoisotopic (exact) mass is 447 g/mol. The zero-order valence-corrected chi connectivity index (χ0v) is 18.7. The Morgan fingerprint density at radius 2 is 1.57 bits per heavy atom. The summed E-state index contributed by atoms with van der Waals surface area (Å²) in [6, 6.07) is 8.01. The van der Waals surface area contributed by atoms with Gasteiger partial charge in [0.2, 0.25) is 0 Å². The summed E-state index contributed by atoms with van der Waals surface area (Å²) in [5, 5.41) is 2.66. The van der Waals surface area contributed by atoms with Gasteiger partial charge in [-0.1, -0.05) is 24.3 Å². The quantitative estimate of drug-likeness (QED) is 0.309. The number of ether oxygens (including phenoxy) is 4. The van der Waals surface area contributed by atoms with Crippen molar-refractivity contribution >= 4 is 16.2 Å². The molecular formula is C20H33NO8S. The van der Waals surface area contributed by atoms with E-state index in [9.17, 15) is 13.2 Å². The van der Waals surface area contributed by atoms with Crippen LogP contribution >= 0.6 is 0 Å². The van der Waals surface area contributed by atoms with Crippen LogP contribution in [0, 0.1) is 6.92 Å². The number of alkyl carbamates (subject to hydrolysis) is 1. The van der Waals surface area contributed by atoms with E-state index in [2.05, 4.69) is 5.32 Å². The molecule has 0 aliphatic rings. The van der Waals surface area contributed by atoms with Crippen molar-refractivity contribution in [2.75, 3.05) is 51.9 Å². The van der Waals surface area contributed by atoms with Gasteiger partial charge in [0, 0.05) is 13.0 Å². The number of rotatable bonds is 15. The minimum atomic E-state index is -3.99. The number of hydrogen-bond donors (Lipinski definition) is 2. The first-order chi connectivity index (χ1) is 14.1. The highest BCUT2D eigenvalue weighted by molar-refractivity contribution is 7.85. The van der Waals surface area contributed by atoms with Crippen molar-refractivity contribution in [1.29, 1.82) is 0 Å². The Labute approximate surface area is 178 Å². The van der Waals surface area contributed by atoms with E-state index in [4.69, 9.17) is 23.5 Å². The summed E-state index contributed by atoms with van der Waals surface area (Å²) in [7, 11) is -3.99. The van der Waals surface area contributed by atoms with E-state index in [0.29, 0.717) is 32.8 Å². The van der Waals surface area contributed by atoms with E-state index in [1.54, 1.807) is 0 Å². The normalized spacial score (nSPS) is 12.0. The van der Waals surface area contributed by atoms with Crippen LogP contribution in [-0.2, 0) is 35.5 Å². The Bertz CT molecular complexity index is 736. The lowest BCUT2D eigenvalue weighted by atomic mass is 9.95. The van der Waals surface area contributed by atoms with E-state index >= 15 is 0 Å². The van der Waals surface area contributed by atoms with Gasteiger partial charge in [-0.25, -0.2) is 4.79 Å². The Balaban J connectivity index is 2.02. The number of nitrogens with one attached hydrogen (secondary N) is 1. The highest BCUT2D eigenvalue weighted by Crippen LogP contribution is 2.19. The average molecular weight is 448 g/mol. The SMILES string of the molecule is Cc1ccccc1CC(C)(C)OC(=O)NCCOCCOCCOCCS(=O)(=O)O. The number of hydrogen-bond acceptors (Lipinski definition) is 7. The molecule has 0 saturated heterocycles. The fraction of sp³-hybridized carbons (Fsp3) is 0.650. The zero-order valence-electron chi connectivity index (χ0n) is 17.9. The van der Waals surface area contributed by atoms with Crippen molar-refractivity contribution in [3.05, 3.63) is 35.4 Å². The minimum Gasteiger partial charge on any atom is -0.443 e. The molecule has 0 saturated carbocycles. The molecule has 0 unspecified atom stereocenters. The van der Waals surface area contributed by atoms with Gasteiger partial charge >= 0.3 is 6.09 Å². The predicted octanol–water partition coefficient (Wildman–Crippen LogP) is 1.98. The molecule has 0 bridgehead atoms. The predicted molar refractivity (Wildman–Crippen MR) is 112 cm³/mol. The van der Waals surface area contributed by atoms with Gasteiger partial charge in [-0.15, -0.1) is 0 Å². The van der Waals surface area contributed by atoms with Crippen molar-refractivity contribution in [3.8, 4) is 0 Å². The van der Waals surface area contributed by atoms with Gasteiger partial charge in [0.15, 0.2) is 0 Å². The molecule has 1 aromatic carbocycles. The largest absolute Gasteiger partial charge is 0.443 e. The van der Waals surface area contributed by atoms with Crippen LogP contribution in [0.4, 0.5) is 4.79 Å². The maximum Gasteiger partial charge on any atom is 0.407 e. The van der Waals surface area contributed by atoms with Crippen LogP contribution in [0.1, 0.15) is 25.0 Å². The van der Waals surface area contributed by atoms with Crippen molar-refractivity contribution in [2.24, 2.45) is 0 Å². The minimum absolute atomic E-state index is 0.0811. The van der Waals surface area contributed by atoms with Gasteiger partial charge in [-0.05, 0) is 31.9 Å². The summed E-state index contributed by atoms with van der Waals surface area (Å²) >= 11 is 0. The first-order valence-corrected chi connectivity index (χ1v) is 11.4. The Morgan fingerprint density at radius 1 is 1.00 bits per heavy atom. The molecule has 0 fully saturated rings. The number of carbonyl (C=O) groups excluding carboxylic acids is 1. The van der Waals surface area contributed by atoms with Gasteiger partial charge in [-0.3, -0.25) is 4.55 Å². The lowest BCUT2D eigenvalue weighted by Gasteiger charge is -2.26. The molecule has 0 aromatic heterocycles. The van der Waals surface area contributed by atoms with Crippen LogP contribution in [0.3, 0.4) is 0 Å². The molecule has 2 N–H and O–H groups in total. The number of benzene rings is 1. The van der Waals surface area contributed by atoms with E-state index < -0.39 is 27.6 Å². The maximum atomic E-state index is 12.0. The number of amides is 1. The molecule has 10 heteroatoms. The van der Waals surface area contributed by atoms with Crippen LogP contribution in [-0.4, -0.2) is 76.6 Å². The Morgan fingerprint density at radius 3 is 2.17 bits per heavy atom. The maximum absolute atomic E-state index is 12.0. The topological polar surface area (TPSA) is 120 Å².